The molecule has 21 heavy (non-hydrogen) atoms. The Hall–Kier alpha value is -2.52. The van der Waals surface area contributed by atoms with Crippen LogP contribution in [0.4, 0.5) is 0 Å². The van der Waals surface area contributed by atoms with Crippen LogP contribution in [0.3, 0.4) is 0 Å². The maximum absolute atomic E-state index is 12.0. The van der Waals surface area contributed by atoms with Crippen molar-refractivity contribution >= 4 is 33.5 Å². The molecule has 2 aromatic heterocycles. The van der Waals surface area contributed by atoms with Crippen LogP contribution in [0.1, 0.15) is 0 Å². The summed E-state index contributed by atoms with van der Waals surface area (Å²) < 4.78 is 0. The van der Waals surface area contributed by atoms with E-state index in [1.165, 1.54) is 0 Å². The first-order valence-electron chi connectivity index (χ1n) is 6.62. The van der Waals surface area contributed by atoms with E-state index in [0.717, 1.165) is 33.1 Å². The number of hydrogen-bond donors (Lipinski definition) is 2. The number of aromatic nitrogens is 2. The summed E-state index contributed by atoms with van der Waals surface area (Å²) >= 11 is 6.07. The highest BCUT2D eigenvalue weighted by atomic mass is 35.5. The van der Waals surface area contributed by atoms with Crippen LogP contribution in [-0.4, -0.2) is 9.97 Å². The van der Waals surface area contributed by atoms with Crippen molar-refractivity contribution in [1.29, 1.82) is 0 Å². The van der Waals surface area contributed by atoms with Gasteiger partial charge in [-0.2, -0.15) is 0 Å². The average Bonchev–Trinajstić information content (AvgIpc) is 2.85. The van der Waals surface area contributed by atoms with Gasteiger partial charge < -0.3 is 9.97 Å². The molecule has 2 N–H and O–H groups in total. The van der Waals surface area contributed by atoms with E-state index in [2.05, 4.69) is 9.97 Å². The lowest BCUT2D eigenvalue weighted by Crippen LogP contribution is -2.04. The fourth-order valence-corrected chi connectivity index (χ4v) is 2.88. The van der Waals surface area contributed by atoms with Gasteiger partial charge in [0.05, 0.1) is 11.0 Å². The lowest BCUT2D eigenvalue weighted by molar-refractivity contribution is 1.31. The Bertz CT molecular complexity index is 1020. The Morgan fingerprint density at radius 2 is 1.67 bits per heavy atom. The summed E-state index contributed by atoms with van der Waals surface area (Å²) in [6.45, 7) is 0. The molecular weight excluding hydrogens is 284 g/mol. The third kappa shape index (κ3) is 1.94. The highest BCUT2D eigenvalue weighted by Crippen LogP contribution is 2.31. The van der Waals surface area contributed by atoms with Crippen LogP contribution < -0.4 is 5.56 Å². The second-order valence-corrected chi connectivity index (χ2v) is 5.41. The van der Waals surface area contributed by atoms with Crippen molar-refractivity contribution in [3.8, 4) is 11.1 Å². The number of benzene rings is 2. The molecule has 0 atom stereocenters. The van der Waals surface area contributed by atoms with E-state index in [1.807, 2.05) is 48.5 Å². The van der Waals surface area contributed by atoms with Gasteiger partial charge >= 0.3 is 0 Å². The lowest BCUT2D eigenvalue weighted by Gasteiger charge is -2.02. The van der Waals surface area contributed by atoms with Gasteiger partial charge in [0.25, 0.3) is 0 Å². The minimum absolute atomic E-state index is 0.123. The number of nitrogens with one attached hydrogen (secondary N) is 2. The highest BCUT2D eigenvalue weighted by molar-refractivity contribution is 6.31. The number of rotatable bonds is 1. The van der Waals surface area contributed by atoms with Crippen molar-refractivity contribution in [2.24, 2.45) is 0 Å². The smallest absolute Gasteiger partial charge is 0.249 e. The molecule has 102 valence electrons. The number of hydrogen-bond acceptors (Lipinski definition) is 1. The zero-order chi connectivity index (χ0) is 14.4. The monoisotopic (exact) mass is 294 g/mol. The maximum atomic E-state index is 12.0. The van der Waals surface area contributed by atoms with Crippen molar-refractivity contribution in [2.45, 2.75) is 0 Å². The van der Waals surface area contributed by atoms with E-state index in [9.17, 15) is 4.79 Å². The quantitative estimate of drug-likeness (QED) is 0.539. The second-order valence-electron chi connectivity index (χ2n) is 4.98. The number of aromatic amines is 2. The van der Waals surface area contributed by atoms with Crippen LogP contribution in [0.5, 0.6) is 0 Å². The second kappa shape index (κ2) is 4.50. The zero-order valence-electron chi connectivity index (χ0n) is 11.0. The summed E-state index contributed by atoms with van der Waals surface area (Å²) in [4.78, 5) is 18.3. The van der Waals surface area contributed by atoms with E-state index in [1.54, 1.807) is 6.07 Å². The Morgan fingerprint density at radius 3 is 2.48 bits per heavy atom. The molecule has 4 heteroatoms. The largest absolute Gasteiger partial charge is 0.353 e. The minimum atomic E-state index is -0.123. The first-order chi connectivity index (χ1) is 10.2. The number of halogens is 1. The number of fused-ring (bicyclic) bond motifs is 3. The van der Waals surface area contributed by atoms with E-state index in [4.69, 9.17) is 11.6 Å². The zero-order valence-corrected chi connectivity index (χ0v) is 11.7. The Balaban J connectivity index is 2.17. The van der Waals surface area contributed by atoms with Gasteiger partial charge in [-0.25, -0.2) is 0 Å². The van der Waals surface area contributed by atoms with Crippen LogP contribution in [0, 0.1) is 0 Å². The summed E-state index contributed by atoms with van der Waals surface area (Å²) in [6, 6.07) is 17.1. The molecule has 2 heterocycles. The van der Waals surface area contributed by atoms with Crippen molar-refractivity contribution in [3.05, 3.63) is 70.0 Å². The molecule has 0 aliphatic rings. The first kappa shape index (κ1) is 12.2. The van der Waals surface area contributed by atoms with Crippen molar-refractivity contribution in [1.82, 2.24) is 9.97 Å². The molecular formula is C17H11ClN2O. The van der Waals surface area contributed by atoms with Crippen molar-refractivity contribution < 1.29 is 0 Å². The van der Waals surface area contributed by atoms with Gasteiger partial charge in [0, 0.05) is 27.6 Å². The Labute approximate surface area is 125 Å². The Kier molecular flexibility index (Phi) is 2.62. The predicted octanol–water partition coefficient (Wildman–Crippen LogP) is 4.33. The van der Waals surface area contributed by atoms with E-state index >= 15 is 0 Å². The summed E-state index contributed by atoms with van der Waals surface area (Å²) in [6.07, 6.45) is 0. The molecule has 0 saturated heterocycles. The molecule has 0 aliphatic carbocycles. The van der Waals surface area contributed by atoms with Crippen LogP contribution in [-0.2, 0) is 0 Å². The molecule has 0 spiro atoms. The fraction of sp³-hybridized carbons (Fsp3) is 0. The van der Waals surface area contributed by atoms with Gasteiger partial charge in [-0.05, 0) is 23.8 Å². The van der Waals surface area contributed by atoms with Gasteiger partial charge in [-0.1, -0.05) is 41.9 Å². The fourth-order valence-electron chi connectivity index (χ4n) is 2.70. The lowest BCUT2D eigenvalue weighted by atomic mass is 10.1. The molecule has 0 fully saturated rings. The van der Waals surface area contributed by atoms with Crippen LogP contribution in [0.15, 0.2) is 59.4 Å². The van der Waals surface area contributed by atoms with Crippen molar-refractivity contribution in [3.63, 3.8) is 0 Å². The molecule has 4 rings (SSSR count). The highest BCUT2D eigenvalue weighted by Gasteiger charge is 2.11. The van der Waals surface area contributed by atoms with Crippen LogP contribution >= 0.6 is 11.6 Å². The molecule has 0 bridgehead atoms. The molecule has 0 unspecified atom stereocenters. The molecule has 0 radical (unpaired) electrons. The predicted molar refractivity (Wildman–Crippen MR) is 86.9 cm³/mol. The van der Waals surface area contributed by atoms with Crippen LogP contribution in [0.2, 0.25) is 5.02 Å². The summed E-state index contributed by atoms with van der Waals surface area (Å²) in [5.41, 5.74) is 4.43. The Morgan fingerprint density at radius 1 is 0.857 bits per heavy atom. The third-order valence-electron chi connectivity index (χ3n) is 3.64. The molecule has 0 saturated carbocycles. The molecule has 4 aromatic rings. The van der Waals surface area contributed by atoms with Crippen molar-refractivity contribution in [2.75, 3.05) is 0 Å². The minimum Gasteiger partial charge on any atom is -0.353 e. The van der Waals surface area contributed by atoms with Gasteiger partial charge in [-0.3, -0.25) is 4.79 Å². The topological polar surface area (TPSA) is 48.6 Å². The first-order valence-corrected chi connectivity index (χ1v) is 7.00. The maximum Gasteiger partial charge on any atom is 0.249 e. The SMILES string of the molecule is O=c1cc(-c2ccccc2)c2[nH]c3ccc(Cl)cc3c2[nH]1. The van der Waals surface area contributed by atoms with E-state index < -0.39 is 0 Å². The molecule has 2 aromatic carbocycles. The molecule has 3 nitrogen and oxygen atoms in total. The average molecular weight is 295 g/mol. The van der Waals surface area contributed by atoms with Gasteiger partial charge in [-0.15, -0.1) is 0 Å². The summed E-state index contributed by atoms with van der Waals surface area (Å²) in [5.74, 6) is 0. The summed E-state index contributed by atoms with van der Waals surface area (Å²) in [5, 5.41) is 1.57. The van der Waals surface area contributed by atoms with Gasteiger partial charge in [0.15, 0.2) is 0 Å². The van der Waals surface area contributed by atoms with E-state index in [0.29, 0.717) is 5.02 Å². The normalized spacial score (nSPS) is 11.3. The van der Waals surface area contributed by atoms with Gasteiger partial charge in [0.2, 0.25) is 5.56 Å². The van der Waals surface area contributed by atoms with Gasteiger partial charge in [0.1, 0.15) is 0 Å². The standard InChI is InChI=1S/C17H11ClN2O/c18-11-6-7-14-13(8-11)17-16(19-14)12(9-15(21)20-17)10-4-2-1-3-5-10/h1-9,19H,(H,20,21). The number of H-pyrrole nitrogens is 2. The third-order valence-corrected chi connectivity index (χ3v) is 3.87. The van der Waals surface area contributed by atoms with Crippen LogP contribution in [0.25, 0.3) is 33.1 Å². The summed E-state index contributed by atoms with van der Waals surface area (Å²) in [7, 11) is 0. The molecule has 0 amide bonds. The van der Waals surface area contributed by atoms with E-state index in [-0.39, 0.29) is 5.56 Å². The molecule has 0 aliphatic heterocycles. The number of pyridine rings is 1.